The molecule has 17 heavy (non-hydrogen) atoms. The van der Waals surface area contributed by atoms with Gasteiger partial charge in [0.05, 0.1) is 0 Å². The van der Waals surface area contributed by atoms with Crippen LogP contribution >= 0.6 is 0 Å². The van der Waals surface area contributed by atoms with Crippen molar-refractivity contribution in [3.8, 4) is 0 Å². The summed E-state index contributed by atoms with van der Waals surface area (Å²) < 4.78 is 0. The molecule has 0 fully saturated rings. The molecule has 94 valence electrons. The van der Waals surface area contributed by atoms with Gasteiger partial charge in [0.25, 0.3) is 0 Å². The summed E-state index contributed by atoms with van der Waals surface area (Å²) in [4.78, 5) is 0. The Morgan fingerprint density at radius 3 is 2.59 bits per heavy atom. The molecular formula is C15H23NO. The van der Waals surface area contributed by atoms with Gasteiger partial charge < -0.3 is 10.4 Å². The number of likely N-dealkylation sites (N-methyl/N-ethyl adjacent to an activating group) is 1. The first-order valence-electron chi connectivity index (χ1n) is 6.69. The first kappa shape index (κ1) is 12.6. The van der Waals surface area contributed by atoms with E-state index in [4.69, 9.17) is 0 Å². The number of benzene rings is 1. The molecule has 0 amide bonds. The maximum atomic E-state index is 10.6. The molecule has 2 N–H and O–H groups in total. The SMILES string of the molecule is CCC(O)(CNC)c1ccc2c(c1)CCCC2. The quantitative estimate of drug-likeness (QED) is 0.837. The highest BCUT2D eigenvalue weighted by Crippen LogP contribution is 2.29. The summed E-state index contributed by atoms with van der Waals surface area (Å²) in [7, 11) is 1.89. The largest absolute Gasteiger partial charge is 0.384 e. The van der Waals surface area contributed by atoms with E-state index in [1.54, 1.807) is 0 Å². The van der Waals surface area contributed by atoms with E-state index < -0.39 is 5.60 Å². The Morgan fingerprint density at radius 1 is 1.24 bits per heavy atom. The Hall–Kier alpha value is -0.860. The van der Waals surface area contributed by atoms with Gasteiger partial charge in [0, 0.05) is 6.54 Å². The third kappa shape index (κ3) is 2.53. The summed E-state index contributed by atoms with van der Waals surface area (Å²) in [5.41, 5.74) is 3.26. The molecule has 1 unspecified atom stereocenters. The van der Waals surface area contributed by atoms with Gasteiger partial charge in [-0.15, -0.1) is 0 Å². The van der Waals surface area contributed by atoms with Crippen LogP contribution in [0.15, 0.2) is 18.2 Å². The summed E-state index contributed by atoms with van der Waals surface area (Å²) in [6, 6.07) is 6.53. The fourth-order valence-electron chi connectivity index (χ4n) is 2.75. The molecule has 0 heterocycles. The lowest BCUT2D eigenvalue weighted by Gasteiger charge is -2.29. The van der Waals surface area contributed by atoms with Crippen LogP contribution in [-0.2, 0) is 18.4 Å². The van der Waals surface area contributed by atoms with Gasteiger partial charge in [-0.3, -0.25) is 0 Å². The number of rotatable bonds is 4. The Kier molecular flexibility index (Phi) is 3.85. The second kappa shape index (κ2) is 5.19. The monoisotopic (exact) mass is 233 g/mol. The summed E-state index contributed by atoms with van der Waals surface area (Å²) in [5.74, 6) is 0. The van der Waals surface area contributed by atoms with Crippen LogP contribution in [0.3, 0.4) is 0 Å². The molecule has 0 spiro atoms. The average molecular weight is 233 g/mol. The van der Waals surface area contributed by atoms with Crippen molar-refractivity contribution in [3.05, 3.63) is 34.9 Å². The van der Waals surface area contributed by atoms with E-state index in [1.165, 1.54) is 36.8 Å². The highest BCUT2D eigenvalue weighted by atomic mass is 16.3. The molecule has 0 radical (unpaired) electrons. The van der Waals surface area contributed by atoms with Gasteiger partial charge in [-0.1, -0.05) is 25.1 Å². The zero-order valence-electron chi connectivity index (χ0n) is 10.9. The first-order valence-corrected chi connectivity index (χ1v) is 6.69. The lowest BCUT2D eigenvalue weighted by molar-refractivity contribution is 0.0345. The lowest BCUT2D eigenvalue weighted by atomic mass is 9.84. The van der Waals surface area contributed by atoms with Crippen molar-refractivity contribution < 1.29 is 5.11 Å². The zero-order chi connectivity index (χ0) is 12.3. The van der Waals surface area contributed by atoms with Crippen molar-refractivity contribution in [2.45, 2.75) is 44.6 Å². The molecule has 1 atom stereocenters. The minimum atomic E-state index is -0.721. The van der Waals surface area contributed by atoms with E-state index in [2.05, 4.69) is 23.5 Å². The van der Waals surface area contributed by atoms with Gasteiger partial charge in [-0.2, -0.15) is 0 Å². The van der Waals surface area contributed by atoms with Gasteiger partial charge in [0.2, 0.25) is 0 Å². The van der Waals surface area contributed by atoms with Crippen molar-refractivity contribution >= 4 is 0 Å². The molecule has 1 aromatic rings. The maximum absolute atomic E-state index is 10.6. The normalized spacial score (nSPS) is 18.5. The van der Waals surface area contributed by atoms with E-state index in [1.807, 2.05) is 14.0 Å². The van der Waals surface area contributed by atoms with Gasteiger partial charge in [0.1, 0.15) is 5.60 Å². The number of hydrogen-bond donors (Lipinski definition) is 2. The fraction of sp³-hybridized carbons (Fsp3) is 0.600. The molecule has 0 saturated heterocycles. The number of nitrogens with one attached hydrogen (secondary N) is 1. The molecule has 0 bridgehead atoms. The van der Waals surface area contributed by atoms with E-state index in [9.17, 15) is 5.11 Å². The van der Waals surface area contributed by atoms with Crippen molar-refractivity contribution in [2.24, 2.45) is 0 Å². The van der Waals surface area contributed by atoms with Crippen LogP contribution in [0.4, 0.5) is 0 Å². The average Bonchev–Trinajstić information content (AvgIpc) is 2.38. The van der Waals surface area contributed by atoms with Crippen molar-refractivity contribution in [3.63, 3.8) is 0 Å². The Labute approximate surface area is 104 Å². The predicted octanol–water partition coefficient (Wildman–Crippen LogP) is 2.38. The maximum Gasteiger partial charge on any atom is 0.102 e. The van der Waals surface area contributed by atoms with Crippen LogP contribution in [0.25, 0.3) is 0 Å². The molecule has 1 aromatic carbocycles. The van der Waals surface area contributed by atoms with E-state index in [-0.39, 0.29) is 0 Å². The summed E-state index contributed by atoms with van der Waals surface area (Å²) in [6.45, 7) is 2.65. The van der Waals surface area contributed by atoms with Crippen molar-refractivity contribution in [1.29, 1.82) is 0 Å². The van der Waals surface area contributed by atoms with Crippen LogP contribution in [-0.4, -0.2) is 18.7 Å². The van der Waals surface area contributed by atoms with Crippen LogP contribution in [0.2, 0.25) is 0 Å². The van der Waals surface area contributed by atoms with E-state index >= 15 is 0 Å². The molecule has 2 rings (SSSR count). The fourth-order valence-corrected chi connectivity index (χ4v) is 2.75. The van der Waals surface area contributed by atoms with Crippen molar-refractivity contribution in [1.82, 2.24) is 5.32 Å². The summed E-state index contributed by atoms with van der Waals surface area (Å²) >= 11 is 0. The second-order valence-corrected chi connectivity index (χ2v) is 5.11. The number of aliphatic hydroxyl groups is 1. The number of aryl methyl sites for hydroxylation is 2. The molecule has 0 saturated carbocycles. The van der Waals surface area contributed by atoms with Crippen LogP contribution < -0.4 is 5.32 Å². The number of fused-ring (bicyclic) bond motifs is 1. The predicted molar refractivity (Wildman–Crippen MR) is 71.2 cm³/mol. The molecule has 0 aliphatic heterocycles. The summed E-state index contributed by atoms with van der Waals surface area (Å²) in [6.07, 6.45) is 5.70. The van der Waals surface area contributed by atoms with E-state index in [0.29, 0.717) is 6.54 Å². The third-order valence-corrected chi connectivity index (χ3v) is 3.94. The minimum absolute atomic E-state index is 0.613. The Morgan fingerprint density at radius 2 is 1.94 bits per heavy atom. The van der Waals surface area contributed by atoms with Crippen molar-refractivity contribution in [2.75, 3.05) is 13.6 Å². The first-order chi connectivity index (χ1) is 8.19. The summed E-state index contributed by atoms with van der Waals surface area (Å²) in [5, 5.41) is 13.7. The molecular weight excluding hydrogens is 210 g/mol. The van der Waals surface area contributed by atoms with E-state index in [0.717, 1.165) is 12.0 Å². The number of hydrogen-bond acceptors (Lipinski definition) is 2. The molecule has 0 aromatic heterocycles. The standard InChI is InChI=1S/C15H23NO/c1-3-15(17,11-16-2)14-9-8-12-6-4-5-7-13(12)10-14/h8-10,16-17H,3-7,11H2,1-2H3. The molecule has 1 aliphatic carbocycles. The third-order valence-electron chi connectivity index (χ3n) is 3.94. The van der Waals surface area contributed by atoms with Gasteiger partial charge in [-0.05, 0) is 55.8 Å². The molecule has 2 heteroatoms. The van der Waals surface area contributed by atoms with Gasteiger partial charge in [-0.25, -0.2) is 0 Å². The zero-order valence-corrected chi connectivity index (χ0v) is 10.9. The Bertz CT molecular complexity index is 389. The van der Waals surface area contributed by atoms with Crippen LogP contribution in [0, 0.1) is 0 Å². The van der Waals surface area contributed by atoms with Crippen LogP contribution in [0.1, 0.15) is 42.9 Å². The highest BCUT2D eigenvalue weighted by Gasteiger charge is 2.27. The smallest absolute Gasteiger partial charge is 0.102 e. The molecule has 1 aliphatic rings. The lowest BCUT2D eigenvalue weighted by Crippen LogP contribution is -2.36. The van der Waals surface area contributed by atoms with Gasteiger partial charge in [0.15, 0.2) is 0 Å². The minimum Gasteiger partial charge on any atom is -0.384 e. The van der Waals surface area contributed by atoms with Crippen LogP contribution in [0.5, 0.6) is 0 Å². The van der Waals surface area contributed by atoms with Gasteiger partial charge >= 0.3 is 0 Å². The Balaban J connectivity index is 2.32. The highest BCUT2D eigenvalue weighted by molar-refractivity contribution is 5.36. The second-order valence-electron chi connectivity index (χ2n) is 5.11. The topological polar surface area (TPSA) is 32.3 Å². The molecule has 2 nitrogen and oxygen atoms in total.